The van der Waals surface area contributed by atoms with Crippen molar-refractivity contribution in [3.05, 3.63) is 11.9 Å². The monoisotopic (exact) mass is 189 g/mol. The van der Waals surface area contributed by atoms with Crippen molar-refractivity contribution in [3.8, 4) is 0 Å². The lowest BCUT2D eigenvalue weighted by molar-refractivity contribution is 0.713. The summed E-state index contributed by atoms with van der Waals surface area (Å²) in [4.78, 5) is 0. The van der Waals surface area contributed by atoms with Crippen molar-refractivity contribution in [2.24, 2.45) is 7.05 Å². The Morgan fingerprint density at radius 2 is 2.56 bits per heavy atom. The lowest BCUT2D eigenvalue weighted by atomic mass is 10.4. The standard InChI is InChI=1S/C5H8BrN3/c1-9-4-5(2-3-6)7-8-9/h4H,2-3H2,1H3. The van der Waals surface area contributed by atoms with E-state index in [2.05, 4.69) is 26.2 Å². The van der Waals surface area contributed by atoms with Gasteiger partial charge in [0.2, 0.25) is 0 Å². The van der Waals surface area contributed by atoms with Crippen LogP contribution >= 0.6 is 15.9 Å². The van der Waals surface area contributed by atoms with E-state index < -0.39 is 0 Å². The molecule has 0 saturated heterocycles. The number of halogens is 1. The summed E-state index contributed by atoms with van der Waals surface area (Å²) in [5.41, 5.74) is 1.04. The smallest absolute Gasteiger partial charge is 0.0835 e. The van der Waals surface area contributed by atoms with Crippen LogP contribution in [0.25, 0.3) is 0 Å². The highest BCUT2D eigenvalue weighted by Crippen LogP contribution is 1.94. The third kappa shape index (κ3) is 1.78. The van der Waals surface area contributed by atoms with E-state index in [1.165, 1.54) is 0 Å². The van der Waals surface area contributed by atoms with E-state index in [0.29, 0.717) is 0 Å². The third-order valence-electron chi connectivity index (χ3n) is 1.00. The molecule has 0 unspecified atom stereocenters. The van der Waals surface area contributed by atoms with E-state index in [-0.39, 0.29) is 0 Å². The third-order valence-corrected chi connectivity index (χ3v) is 1.40. The van der Waals surface area contributed by atoms with Crippen LogP contribution in [-0.2, 0) is 13.5 Å². The van der Waals surface area contributed by atoms with E-state index in [9.17, 15) is 0 Å². The Balaban J connectivity index is 2.61. The van der Waals surface area contributed by atoms with Gasteiger partial charge in [0, 0.05) is 25.0 Å². The fourth-order valence-corrected chi connectivity index (χ4v) is 1.01. The number of alkyl halides is 1. The van der Waals surface area contributed by atoms with Gasteiger partial charge in [-0.05, 0) is 0 Å². The largest absolute Gasteiger partial charge is 0.255 e. The maximum absolute atomic E-state index is 3.89. The molecule has 0 bridgehead atoms. The Morgan fingerprint density at radius 3 is 3.00 bits per heavy atom. The van der Waals surface area contributed by atoms with Gasteiger partial charge in [-0.15, -0.1) is 5.10 Å². The van der Waals surface area contributed by atoms with Crippen molar-refractivity contribution in [3.63, 3.8) is 0 Å². The highest BCUT2D eigenvalue weighted by molar-refractivity contribution is 9.09. The summed E-state index contributed by atoms with van der Waals surface area (Å²) >= 11 is 3.32. The van der Waals surface area contributed by atoms with Gasteiger partial charge >= 0.3 is 0 Å². The molecule has 0 fully saturated rings. The van der Waals surface area contributed by atoms with Crippen molar-refractivity contribution in [1.82, 2.24) is 15.0 Å². The number of aryl methyl sites for hydroxylation is 2. The zero-order valence-electron chi connectivity index (χ0n) is 5.21. The van der Waals surface area contributed by atoms with Crippen molar-refractivity contribution in [2.45, 2.75) is 6.42 Å². The van der Waals surface area contributed by atoms with Crippen LogP contribution in [0.1, 0.15) is 5.69 Å². The Labute approximate surface area is 62.2 Å². The summed E-state index contributed by atoms with van der Waals surface area (Å²) in [5.74, 6) is 0. The van der Waals surface area contributed by atoms with Gasteiger partial charge in [-0.25, -0.2) is 0 Å². The predicted octanol–water partition coefficient (Wildman–Crippen LogP) is 0.752. The van der Waals surface area contributed by atoms with E-state index in [1.807, 2.05) is 13.2 Å². The Morgan fingerprint density at radius 1 is 1.78 bits per heavy atom. The summed E-state index contributed by atoms with van der Waals surface area (Å²) in [6.07, 6.45) is 2.87. The molecule has 0 saturated carbocycles. The molecule has 1 aromatic heterocycles. The molecule has 1 rings (SSSR count). The molecule has 0 radical (unpaired) electrons. The van der Waals surface area contributed by atoms with Crippen molar-refractivity contribution >= 4 is 15.9 Å². The Kier molecular flexibility index (Phi) is 2.22. The molecule has 0 aliphatic heterocycles. The molecule has 0 N–H and O–H groups in total. The lowest BCUT2D eigenvalue weighted by Crippen LogP contribution is -1.85. The van der Waals surface area contributed by atoms with E-state index in [0.717, 1.165) is 17.4 Å². The van der Waals surface area contributed by atoms with Gasteiger partial charge in [0.05, 0.1) is 5.69 Å². The summed E-state index contributed by atoms with van der Waals surface area (Å²) in [7, 11) is 1.87. The van der Waals surface area contributed by atoms with Gasteiger partial charge in [0.1, 0.15) is 0 Å². The van der Waals surface area contributed by atoms with Gasteiger partial charge in [-0.3, -0.25) is 4.68 Å². The molecule has 0 aromatic carbocycles. The molecular formula is C5H8BrN3. The van der Waals surface area contributed by atoms with Gasteiger partial charge in [-0.2, -0.15) is 0 Å². The van der Waals surface area contributed by atoms with Gasteiger partial charge in [-0.1, -0.05) is 21.1 Å². The fourth-order valence-electron chi connectivity index (χ4n) is 0.607. The summed E-state index contributed by atoms with van der Waals surface area (Å²) in [5, 5.41) is 8.62. The lowest BCUT2D eigenvalue weighted by Gasteiger charge is -1.82. The fraction of sp³-hybridized carbons (Fsp3) is 0.600. The van der Waals surface area contributed by atoms with Crippen LogP contribution in [0.4, 0.5) is 0 Å². The summed E-state index contributed by atoms with van der Waals surface area (Å²) < 4.78 is 1.71. The maximum atomic E-state index is 3.89. The molecule has 0 spiro atoms. The molecule has 4 heteroatoms. The molecule has 1 aromatic rings. The van der Waals surface area contributed by atoms with Crippen LogP contribution in [0.3, 0.4) is 0 Å². The molecule has 1 heterocycles. The summed E-state index contributed by atoms with van der Waals surface area (Å²) in [6, 6.07) is 0. The highest BCUT2D eigenvalue weighted by atomic mass is 79.9. The zero-order valence-corrected chi connectivity index (χ0v) is 6.80. The molecule has 50 valence electrons. The van der Waals surface area contributed by atoms with E-state index in [1.54, 1.807) is 4.68 Å². The first-order valence-corrected chi connectivity index (χ1v) is 3.86. The Bertz CT molecular complexity index is 184. The van der Waals surface area contributed by atoms with Crippen LogP contribution in [0, 0.1) is 0 Å². The van der Waals surface area contributed by atoms with Gasteiger partial charge < -0.3 is 0 Å². The van der Waals surface area contributed by atoms with Crippen LogP contribution in [-0.4, -0.2) is 20.3 Å². The minimum absolute atomic E-state index is 0.950. The SMILES string of the molecule is Cn1cc(CCBr)nn1. The maximum Gasteiger partial charge on any atom is 0.0835 e. The number of nitrogens with zero attached hydrogens (tertiary/aromatic N) is 3. The van der Waals surface area contributed by atoms with E-state index in [4.69, 9.17) is 0 Å². The Hall–Kier alpha value is -0.380. The summed E-state index contributed by atoms with van der Waals surface area (Å²) in [6.45, 7) is 0. The van der Waals surface area contributed by atoms with Crippen LogP contribution < -0.4 is 0 Å². The first kappa shape index (κ1) is 6.74. The number of rotatable bonds is 2. The molecule has 0 atom stereocenters. The number of hydrogen-bond donors (Lipinski definition) is 0. The molecule has 0 aliphatic rings. The molecule has 0 amide bonds. The second-order valence-corrected chi connectivity index (χ2v) is 2.62. The van der Waals surface area contributed by atoms with Gasteiger partial charge in [0.25, 0.3) is 0 Å². The molecule has 3 nitrogen and oxygen atoms in total. The highest BCUT2D eigenvalue weighted by Gasteiger charge is 1.93. The van der Waals surface area contributed by atoms with Crippen molar-refractivity contribution in [2.75, 3.05) is 5.33 Å². The second kappa shape index (κ2) is 2.96. The van der Waals surface area contributed by atoms with Crippen LogP contribution in [0.15, 0.2) is 6.20 Å². The minimum Gasteiger partial charge on any atom is -0.255 e. The minimum atomic E-state index is 0.950. The number of aromatic nitrogens is 3. The van der Waals surface area contributed by atoms with Gasteiger partial charge in [0.15, 0.2) is 0 Å². The zero-order chi connectivity index (χ0) is 6.69. The van der Waals surface area contributed by atoms with Crippen molar-refractivity contribution in [1.29, 1.82) is 0 Å². The quantitative estimate of drug-likeness (QED) is 0.644. The average molecular weight is 190 g/mol. The first-order valence-electron chi connectivity index (χ1n) is 2.74. The average Bonchev–Trinajstić information content (AvgIpc) is 2.17. The predicted molar refractivity (Wildman–Crippen MR) is 38.5 cm³/mol. The first-order chi connectivity index (χ1) is 4.33. The van der Waals surface area contributed by atoms with E-state index >= 15 is 0 Å². The van der Waals surface area contributed by atoms with Crippen LogP contribution in [0.2, 0.25) is 0 Å². The van der Waals surface area contributed by atoms with Crippen LogP contribution in [0.5, 0.6) is 0 Å². The molecule has 0 aliphatic carbocycles. The number of hydrogen-bond acceptors (Lipinski definition) is 2. The molecular weight excluding hydrogens is 182 g/mol. The normalized spacial score (nSPS) is 10.0. The topological polar surface area (TPSA) is 30.7 Å². The van der Waals surface area contributed by atoms with Crippen molar-refractivity contribution < 1.29 is 0 Å². The molecule has 9 heavy (non-hydrogen) atoms. The second-order valence-electron chi connectivity index (χ2n) is 1.82.